The predicted molar refractivity (Wildman–Crippen MR) is 148 cm³/mol. The molecule has 0 fully saturated rings. The molecule has 0 spiro atoms. The third-order valence-corrected chi connectivity index (χ3v) is 4.44. The number of nitrogens with zero attached hydrogens (tertiary/aromatic N) is 1. The summed E-state index contributed by atoms with van der Waals surface area (Å²) in [6.45, 7) is -0.197. The van der Waals surface area contributed by atoms with Crippen LogP contribution in [0.2, 0.25) is 0 Å². The minimum atomic E-state index is -1.02. The van der Waals surface area contributed by atoms with Crippen molar-refractivity contribution >= 4 is 46.1 Å². The highest BCUT2D eigenvalue weighted by Gasteiger charge is 2.09. The molecule has 13 N–H and O–H groups in total. The maximum atomic E-state index is 11.7. The number of anilines is 6. The fourth-order valence-corrected chi connectivity index (χ4v) is 2.76. The zero-order valence-electron chi connectivity index (χ0n) is 20.3. The number of hydrogen-bond donors (Lipinski definition) is 7. The van der Waals surface area contributed by atoms with Crippen LogP contribution >= 0.6 is 0 Å². The number of aromatic nitrogens is 1. The van der Waals surface area contributed by atoms with Crippen LogP contribution in [0.4, 0.5) is 34.1 Å². The lowest BCUT2D eigenvalue weighted by Gasteiger charge is -2.08. The van der Waals surface area contributed by atoms with Crippen LogP contribution in [-0.2, 0) is 4.74 Å². The molecule has 0 saturated heterocycles. The van der Waals surface area contributed by atoms with Gasteiger partial charge in [0.15, 0.2) is 0 Å². The topological polar surface area (TPSA) is 242 Å². The average molecular weight is 520 g/mol. The van der Waals surface area contributed by atoms with Crippen LogP contribution in [0, 0.1) is 0 Å². The fraction of sp³-hybridized carbons (Fsp3) is 0.0385. The van der Waals surface area contributed by atoms with Crippen molar-refractivity contribution < 1.29 is 24.2 Å². The molecule has 0 atom stereocenters. The van der Waals surface area contributed by atoms with E-state index >= 15 is 0 Å². The SMILES string of the molecule is Nc1cc(N)cc(C(=O)O)c1.Nc1cc(N)cc(C(=O)OCOc2ccncc2)c1.Nc1ccc(N)cc1. The number of ether oxygens (including phenoxy) is 2. The van der Waals surface area contributed by atoms with Gasteiger partial charge in [-0.3, -0.25) is 4.98 Å². The Hall–Kier alpha value is -5.65. The van der Waals surface area contributed by atoms with Gasteiger partial charge in [-0.2, -0.15) is 0 Å². The Morgan fingerprint density at radius 2 is 1.05 bits per heavy atom. The van der Waals surface area contributed by atoms with Gasteiger partial charge >= 0.3 is 11.9 Å². The molecule has 198 valence electrons. The third kappa shape index (κ3) is 10.3. The lowest BCUT2D eigenvalue weighted by molar-refractivity contribution is 0.0154. The number of nitrogens with two attached hydrogens (primary N) is 6. The molecule has 0 aliphatic heterocycles. The van der Waals surface area contributed by atoms with Crippen molar-refractivity contribution in [2.45, 2.75) is 0 Å². The van der Waals surface area contributed by atoms with Crippen LogP contribution in [-0.4, -0.2) is 28.8 Å². The maximum absolute atomic E-state index is 11.7. The molecule has 0 saturated carbocycles. The highest BCUT2D eigenvalue weighted by Crippen LogP contribution is 2.15. The van der Waals surface area contributed by atoms with Crippen molar-refractivity contribution in [1.29, 1.82) is 0 Å². The van der Waals surface area contributed by atoms with Gasteiger partial charge in [-0.15, -0.1) is 0 Å². The second kappa shape index (κ2) is 14.0. The van der Waals surface area contributed by atoms with E-state index in [0.717, 1.165) is 11.4 Å². The minimum absolute atomic E-state index is 0.113. The van der Waals surface area contributed by atoms with Gasteiger partial charge in [-0.05, 0) is 72.8 Å². The smallest absolute Gasteiger partial charge is 0.341 e. The Bertz CT molecular complexity index is 1290. The van der Waals surface area contributed by atoms with E-state index in [1.807, 2.05) is 0 Å². The highest BCUT2D eigenvalue weighted by atomic mass is 16.7. The molecule has 3 aromatic carbocycles. The number of pyridine rings is 1. The number of carbonyl (C=O) groups is 2. The molecule has 1 aromatic heterocycles. The summed E-state index contributed by atoms with van der Waals surface area (Å²) in [5, 5.41) is 8.52. The number of hydrogen-bond acceptors (Lipinski definition) is 11. The monoisotopic (exact) mass is 519 g/mol. The zero-order chi connectivity index (χ0) is 28.1. The van der Waals surface area contributed by atoms with E-state index in [4.69, 9.17) is 49.0 Å². The highest BCUT2D eigenvalue weighted by molar-refractivity contribution is 5.91. The third-order valence-electron chi connectivity index (χ3n) is 4.44. The van der Waals surface area contributed by atoms with Gasteiger partial charge in [0.1, 0.15) is 5.75 Å². The molecule has 1 heterocycles. The number of esters is 1. The maximum Gasteiger partial charge on any atom is 0.341 e. The van der Waals surface area contributed by atoms with Gasteiger partial charge in [0.05, 0.1) is 11.1 Å². The van der Waals surface area contributed by atoms with E-state index in [2.05, 4.69) is 4.98 Å². The Morgan fingerprint density at radius 3 is 1.47 bits per heavy atom. The Kier molecular flexibility index (Phi) is 10.6. The summed E-state index contributed by atoms with van der Waals surface area (Å²) in [5.74, 6) is -1.01. The standard InChI is InChI=1S/C13H13N3O3.C7H8N2O2.C6H8N2/c14-10-5-9(6-11(15)7-10)13(17)19-8-18-12-1-3-16-4-2-12;8-5-1-4(7(10)11)2-6(9)3-5;7-5-1-2-6(8)4-3-5/h1-7H,8,14-15H2;1-3H,8-9H2,(H,10,11);1-4H,7-8H2. The molecular weight excluding hydrogens is 490 g/mol. The minimum Gasteiger partial charge on any atom is -0.478 e. The van der Waals surface area contributed by atoms with Gasteiger partial charge in [0, 0.05) is 46.5 Å². The molecule has 0 unspecified atom stereocenters. The molecule has 12 nitrogen and oxygen atoms in total. The first-order valence-corrected chi connectivity index (χ1v) is 10.9. The number of carbonyl (C=O) groups excluding carboxylic acids is 1. The molecule has 0 amide bonds. The summed E-state index contributed by atoms with van der Waals surface area (Å²) in [7, 11) is 0. The largest absolute Gasteiger partial charge is 0.478 e. The van der Waals surface area contributed by atoms with E-state index in [0.29, 0.717) is 28.5 Å². The number of carboxylic acid groups (broad SMARTS) is 1. The number of rotatable bonds is 5. The van der Waals surface area contributed by atoms with Crippen LogP contribution < -0.4 is 39.1 Å². The van der Waals surface area contributed by atoms with E-state index in [1.54, 1.807) is 54.9 Å². The van der Waals surface area contributed by atoms with Gasteiger partial charge in [0.2, 0.25) is 6.79 Å². The first-order valence-electron chi connectivity index (χ1n) is 10.9. The van der Waals surface area contributed by atoms with Crippen LogP contribution in [0.25, 0.3) is 0 Å². The first-order chi connectivity index (χ1) is 18.0. The Morgan fingerprint density at radius 1 is 0.632 bits per heavy atom. The van der Waals surface area contributed by atoms with Crippen LogP contribution in [0.15, 0.2) is 85.2 Å². The van der Waals surface area contributed by atoms with Crippen molar-refractivity contribution in [2.75, 3.05) is 41.2 Å². The van der Waals surface area contributed by atoms with Crippen molar-refractivity contribution in [2.24, 2.45) is 0 Å². The van der Waals surface area contributed by atoms with Crippen molar-refractivity contribution in [3.8, 4) is 5.75 Å². The van der Waals surface area contributed by atoms with Gasteiger partial charge in [0.25, 0.3) is 0 Å². The molecular formula is C26H29N7O5. The molecule has 0 bridgehead atoms. The zero-order valence-corrected chi connectivity index (χ0v) is 20.3. The normalized spacial score (nSPS) is 9.58. The van der Waals surface area contributed by atoms with Gasteiger partial charge in [-0.1, -0.05) is 0 Å². The molecule has 0 radical (unpaired) electrons. The number of nitrogen functional groups attached to an aromatic ring is 6. The molecule has 38 heavy (non-hydrogen) atoms. The Balaban J connectivity index is 0.000000224. The van der Waals surface area contributed by atoms with Crippen molar-refractivity contribution in [3.63, 3.8) is 0 Å². The lowest BCUT2D eigenvalue weighted by Crippen LogP contribution is -2.11. The molecule has 0 aliphatic carbocycles. The average Bonchev–Trinajstić information content (AvgIpc) is 2.86. The fourth-order valence-electron chi connectivity index (χ4n) is 2.76. The van der Waals surface area contributed by atoms with E-state index in [1.165, 1.54) is 30.3 Å². The van der Waals surface area contributed by atoms with Gasteiger partial charge < -0.3 is 49.0 Å². The van der Waals surface area contributed by atoms with Crippen molar-refractivity contribution in [3.05, 3.63) is 96.3 Å². The summed E-state index contributed by atoms with van der Waals surface area (Å²) in [6.07, 6.45) is 3.16. The van der Waals surface area contributed by atoms with Crippen molar-refractivity contribution in [1.82, 2.24) is 4.98 Å². The van der Waals surface area contributed by atoms with Gasteiger partial charge in [-0.25, -0.2) is 9.59 Å². The van der Waals surface area contributed by atoms with Crippen LogP contribution in [0.3, 0.4) is 0 Å². The summed E-state index contributed by atoms with van der Waals surface area (Å²) >= 11 is 0. The van der Waals surface area contributed by atoms with Crippen LogP contribution in [0.5, 0.6) is 5.75 Å². The molecule has 4 rings (SSSR count). The summed E-state index contributed by atoms with van der Waals surface area (Å²) in [5.41, 5.74) is 36.1. The van der Waals surface area contributed by atoms with E-state index < -0.39 is 11.9 Å². The molecule has 4 aromatic rings. The number of aromatic carboxylic acids is 1. The van der Waals surface area contributed by atoms with E-state index in [-0.39, 0.29) is 17.9 Å². The lowest BCUT2D eigenvalue weighted by atomic mass is 10.2. The summed E-state index contributed by atoms with van der Waals surface area (Å²) in [6, 6.07) is 19.2. The molecule has 0 aliphatic rings. The van der Waals surface area contributed by atoms with Crippen LogP contribution in [0.1, 0.15) is 20.7 Å². The predicted octanol–water partition coefficient (Wildman–Crippen LogP) is 2.84. The second-order valence-electron chi connectivity index (χ2n) is 7.63. The summed E-state index contributed by atoms with van der Waals surface area (Å²) in [4.78, 5) is 25.9. The Labute approximate surface area is 218 Å². The second-order valence-corrected chi connectivity index (χ2v) is 7.63. The number of carboxylic acids is 1. The summed E-state index contributed by atoms with van der Waals surface area (Å²) < 4.78 is 10.2. The quantitative estimate of drug-likeness (QED) is 0.114. The first kappa shape index (κ1) is 28.6. The number of benzene rings is 3. The van der Waals surface area contributed by atoms with E-state index in [9.17, 15) is 9.59 Å². The molecule has 12 heteroatoms.